The predicted molar refractivity (Wildman–Crippen MR) is 81.0 cm³/mol. The average molecular weight is 263 g/mol. The Morgan fingerprint density at radius 2 is 1.42 bits per heavy atom. The zero-order valence-corrected chi connectivity index (χ0v) is 12.4. The Labute approximate surface area is 115 Å². The molecule has 0 bridgehead atoms. The molecule has 4 heteroatoms. The maximum atomic E-state index is 9.48. The minimum atomic E-state index is -0.0207. The van der Waals surface area contributed by atoms with Crippen LogP contribution in [-0.2, 0) is 0 Å². The van der Waals surface area contributed by atoms with Crippen LogP contribution in [-0.4, -0.2) is 33.4 Å². The largest absolute Gasteiger partial charge is 0.508 e. The van der Waals surface area contributed by atoms with Crippen molar-refractivity contribution in [2.45, 2.75) is 27.7 Å². The lowest BCUT2D eigenvalue weighted by Crippen LogP contribution is -2.15. The van der Waals surface area contributed by atoms with E-state index in [2.05, 4.69) is 18.3 Å². The molecule has 0 aromatic carbocycles. The second kappa shape index (κ2) is 7.36. The van der Waals surface area contributed by atoms with Crippen molar-refractivity contribution in [2.75, 3.05) is 7.05 Å². The molecule has 0 aliphatic rings. The summed E-state index contributed by atoms with van der Waals surface area (Å²) in [7, 11) is 1.76. The van der Waals surface area contributed by atoms with Crippen LogP contribution in [0.25, 0.3) is 0 Å². The summed E-state index contributed by atoms with van der Waals surface area (Å²) in [6.45, 7) is 14.2. The van der Waals surface area contributed by atoms with Crippen LogP contribution in [0.5, 0.6) is 0 Å². The molecule has 0 atom stereocenters. The molecule has 0 aliphatic heterocycles. The third-order valence-electron chi connectivity index (χ3n) is 2.76. The van der Waals surface area contributed by atoms with E-state index in [-0.39, 0.29) is 11.5 Å². The first-order valence-electron chi connectivity index (χ1n) is 5.98. The summed E-state index contributed by atoms with van der Waals surface area (Å²) in [6.07, 6.45) is 3.51. The molecule has 0 aliphatic carbocycles. The van der Waals surface area contributed by atoms with Gasteiger partial charge in [-0.15, -0.1) is 0 Å². The highest BCUT2D eigenvalue weighted by Crippen LogP contribution is 2.09. The fraction of sp³-hybridized carbons (Fsp3) is 0.333. The quantitative estimate of drug-likeness (QED) is 0.262. The van der Waals surface area contributed by atoms with Crippen LogP contribution in [0.4, 0.5) is 0 Å². The van der Waals surface area contributed by atoms with Crippen LogP contribution in [0, 0.1) is 0 Å². The van der Waals surface area contributed by atoms with Crippen LogP contribution in [0.1, 0.15) is 27.7 Å². The molecule has 0 unspecified atom stereocenters. The Morgan fingerprint density at radius 1 is 1.00 bits per heavy atom. The highest BCUT2D eigenvalue weighted by molar-refractivity contribution is 6.01. The normalized spacial score (nSPS) is 15.1. The topological polar surface area (TPSA) is 55.8 Å². The highest BCUT2D eigenvalue weighted by Gasteiger charge is 2.15. The molecule has 0 spiro atoms. The molecule has 0 amide bonds. The van der Waals surface area contributed by atoms with Gasteiger partial charge < -0.3 is 10.2 Å². The molecule has 0 fully saturated rings. The van der Waals surface area contributed by atoms with Crippen molar-refractivity contribution in [3.05, 3.63) is 48.0 Å². The predicted octanol–water partition coefficient (Wildman–Crippen LogP) is 3.50. The first kappa shape index (κ1) is 16.9. The Kier molecular flexibility index (Phi) is 6.55. The molecular weight excluding hydrogens is 240 g/mol. The van der Waals surface area contributed by atoms with Crippen molar-refractivity contribution < 1.29 is 14.9 Å². The van der Waals surface area contributed by atoms with Crippen LogP contribution in [0.3, 0.4) is 0 Å². The number of aliphatic hydroxyl groups is 2. The van der Waals surface area contributed by atoms with Crippen LogP contribution in [0.15, 0.2) is 53.1 Å². The minimum Gasteiger partial charge on any atom is -0.508 e. The van der Waals surface area contributed by atoms with E-state index in [1.807, 2.05) is 13.8 Å². The van der Waals surface area contributed by atoms with Crippen molar-refractivity contribution in [2.24, 2.45) is 5.10 Å². The van der Waals surface area contributed by atoms with Gasteiger partial charge in [0.2, 0.25) is 5.71 Å². The molecule has 0 saturated heterocycles. The summed E-state index contributed by atoms with van der Waals surface area (Å²) in [5, 5.41) is 23.3. The van der Waals surface area contributed by atoms with Gasteiger partial charge in [-0.3, -0.25) is 0 Å². The molecule has 0 aromatic rings. The van der Waals surface area contributed by atoms with Crippen molar-refractivity contribution in [3.63, 3.8) is 0 Å². The number of hydrogen-bond acceptors (Lipinski definition) is 3. The lowest BCUT2D eigenvalue weighted by Gasteiger charge is -2.04. The van der Waals surface area contributed by atoms with Crippen molar-refractivity contribution in [3.8, 4) is 0 Å². The van der Waals surface area contributed by atoms with E-state index >= 15 is 0 Å². The second-order valence-electron chi connectivity index (χ2n) is 4.09. The average Bonchev–Trinajstić information content (AvgIpc) is 2.29. The second-order valence-corrected chi connectivity index (χ2v) is 4.09. The monoisotopic (exact) mass is 263 g/mol. The van der Waals surface area contributed by atoms with Crippen molar-refractivity contribution in [1.29, 1.82) is 0 Å². The lowest BCUT2D eigenvalue weighted by molar-refractivity contribution is -0.502. The van der Waals surface area contributed by atoms with E-state index in [1.54, 1.807) is 37.7 Å². The summed E-state index contributed by atoms with van der Waals surface area (Å²) >= 11 is 0. The molecular formula is C15H23N2O2+. The zero-order chi connectivity index (χ0) is 15.2. The van der Waals surface area contributed by atoms with Crippen molar-refractivity contribution in [1.82, 2.24) is 0 Å². The Bertz CT molecular complexity index is 506. The SMILES string of the molecule is C=C(O)/C(=C\C)C(C)=N/[N+](C)=C(C)/C(=C/C)C(=C)O. The molecule has 4 nitrogen and oxygen atoms in total. The van der Waals surface area contributed by atoms with Crippen LogP contribution < -0.4 is 0 Å². The maximum absolute atomic E-state index is 9.48. The molecule has 104 valence electrons. The van der Waals surface area contributed by atoms with Gasteiger partial charge in [0.05, 0.1) is 5.57 Å². The van der Waals surface area contributed by atoms with E-state index in [0.717, 1.165) is 5.71 Å². The molecule has 0 rings (SSSR count). The molecule has 0 heterocycles. The van der Waals surface area contributed by atoms with Gasteiger partial charge in [-0.25, -0.2) is 0 Å². The van der Waals surface area contributed by atoms with Gasteiger partial charge in [0.25, 0.3) is 0 Å². The lowest BCUT2D eigenvalue weighted by atomic mass is 10.1. The van der Waals surface area contributed by atoms with Gasteiger partial charge in [0, 0.05) is 12.5 Å². The van der Waals surface area contributed by atoms with Gasteiger partial charge in [-0.05, 0) is 25.9 Å². The fourth-order valence-electron chi connectivity index (χ4n) is 1.70. The van der Waals surface area contributed by atoms with Gasteiger partial charge in [-0.1, -0.05) is 30.0 Å². The van der Waals surface area contributed by atoms with E-state index in [0.29, 0.717) is 16.9 Å². The highest BCUT2D eigenvalue weighted by atomic mass is 16.3. The zero-order valence-electron chi connectivity index (χ0n) is 12.4. The van der Waals surface area contributed by atoms with Crippen LogP contribution >= 0.6 is 0 Å². The third-order valence-corrected chi connectivity index (χ3v) is 2.76. The summed E-state index contributed by atoms with van der Waals surface area (Å²) in [4.78, 5) is 0. The first-order chi connectivity index (χ1) is 8.76. The first-order valence-corrected chi connectivity index (χ1v) is 5.98. The molecule has 19 heavy (non-hydrogen) atoms. The number of nitrogens with zero attached hydrogens (tertiary/aromatic N) is 2. The molecule has 0 saturated carbocycles. The van der Waals surface area contributed by atoms with E-state index in [9.17, 15) is 10.2 Å². The minimum absolute atomic E-state index is 0.00229. The van der Waals surface area contributed by atoms with E-state index < -0.39 is 0 Å². The van der Waals surface area contributed by atoms with E-state index in [4.69, 9.17) is 0 Å². The smallest absolute Gasteiger partial charge is 0.215 e. The number of rotatable bonds is 5. The van der Waals surface area contributed by atoms with E-state index in [1.165, 1.54) is 0 Å². The Hall–Kier alpha value is -2.10. The number of allylic oxidation sites excluding steroid dienone is 4. The Balaban J connectivity index is 5.61. The fourth-order valence-corrected chi connectivity index (χ4v) is 1.70. The summed E-state index contributed by atoms with van der Waals surface area (Å²) in [5.41, 5.74) is 2.61. The molecule has 2 N–H and O–H groups in total. The number of hydrogen-bond donors (Lipinski definition) is 2. The molecule has 0 aromatic heterocycles. The summed E-state index contributed by atoms with van der Waals surface area (Å²) < 4.78 is 1.62. The van der Waals surface area contributed by atoms with Gasteiger partial charge >= 0.3 is 0 Å². The number of aliphatic hydroxyl groups excluding tert-OH is 2. The maximum Gasteiger partial charge on any atom is 0.215 e. The van der Waals surface area contributed by atoms with Gasteiger partial charge in [0.1, 0.15) is 17.2 Å². The standard InChI is InChI=1S/C15H22N2O2/c1-8-14(12(5)18)10(3)16-17(7)11(4)15(9-2)13(6)19/h8-9H,5-6H2,1-4,7H3,(H-,18,19)/p+1/b14-8-,15-9-,16-10?,17-11+. The number of hydrazone groups is 1. The molecule has 0 radical (unpaired) electrons. The van der Waals surface area contributed by atoms with Gasteiger partial charge in [-0.2, -0.15) is 0 Å². The van der Waals surface area contributed by atoms with Crippen molar-refractivity contribution >= 4 is 11.4 Å². The third kappa shape index (κ3) is 4.58. The Morgan fingerprint density at radius 3 is 1.74 bits per heavy atom. The summed E-state index contributed by atoms with van der Waals surface area (Å²) in [5.74, 6) is -0.0230. The van der Waals surface area contributed by atoms with Crippen LogP contribution in [0.2, 0.25) is 0 Å². The summed E-state index contributed by atoms with van der Waals surface area (Å²) in [6, 6.07) is 0. The van der Waals surface area contributed by atoms with Gasteiger partial charge in [0.15, 0.2) is 7.05 Å².